The van der Waals surface area contributed by atoms with Gasteiger partial charge in [-0.3, -0.25) is 10.2 Å². The zero-order valence-corrected chi connectivity index (χ0v) is 6.20. The molecule has 0 saturated carbocycles. The molecule has 4 amide bonds. The average Bonchev–Trinajstić information content (AvgIpc) is 1.96. The van der Waals surface area contributed by atoms with Crippen molar-refractivity contribution in [3.05, 3.63) is 0 Å². The van der Waals surface area contributed by atoms with Crippen molar-refractivity contribution in [3.8, 4) is 0 Å². The number of carbonyl (C=O) groups excluding carboxylic acids is 2. The average molecular weight is 173 g/mol. The van der Waals surface area contributed by atoms with Gasteiger partial charge in [0.25, 0.3) is 0 Å². The van der Waals surface area contributed by atoms with Crippen LogP contribution in [0.15, 0.2) is 0 Å². The fraction of sp³-hybridized carbons (Fsp3) is 0.400. The molecular weight excluding hydrogens is 166 g/mol. The van der Waals surface area contributed by atoms with E-state index in [1.54, 1.807) is 0 Å². The standard InChI is InChI=1S/C5H7N3O4/c1-8-2(3(9)10)6-4(11)7-5(8)12/h2H,1H3,(H,9,10)(H2,6,7,11,12). The van der Waals surface area contributed by atoms with Gasteiger partial charge in [-0.05, 0) is 0 Å². The van der Waals surface area contributed by atoms with Crippen molar-refractivity contribution in [2.45, 2.75) is 6.17 Å². The summed E-state index contributed by atoms with van der Waals surface area (Å²) in [6.07, 6.45) is -1.29. The lowest BCUT2D eigenvalue weighted by atomic mass is 10.4. The number of hydrogen-bond acceptors (Lipinski definition) is 3. The Balaban J connectivity index is 2.79. The van der Waals surface area contributed by atoms with Gasteiger partial charge in [-0.15, -0.1) is 0 Å². The second-order valence-electron chi connectivity index (χ2n) is 2.26. The van der Waals surface area contributed by atoms with Crippen LogP contribution in [0.3, 0.4) is 0 Å². The van der Waals surface area contributed by atoms with Crippen LogP contribution in [0.25, 0.3) is 0 Å². The Morgan fingerprint density at radius 3 is 2.67 bits per heavy atom. The molecule has 66 valence electrons. The number of nitrogens with one attached hydrogen (secondary N) is 2. The van der Waals surface area contributed by atoms with Gasteiger partial charge >= 0.3 is 18.0 Å². The fourth-order valence-electron chi connectivity index (χ4n) is 0.787. The van der Waals surface area contributed by atoms with Gasteiger partial charge in [-0.1, -0.05) is 0 Å². The molecule has 0 spiro atoms. The van der Waals surface area contributed by atoms with Crippen LogP contribution in [0.5, 0.6) is 0 Å². The Morgan fingerprint density at radius 1 is 1.58 bits per heavy atom. The molecule has 0 aromatic heterocycles. The highest BCUT2D eigenvalue weighted by Gasteiger charge is 2.33. The van der Waals surface area contributed by atoms with Crippen LogP contribution in [0.4, 0.5) is 9.59 Å². The van der Waals surface area contributed by atoms with E-state index in [-0.39, 0.29) is 0 Å². The number of nitrogens with zero attached hydrogens (tertiary/aromatic N) is 1. The second-order valence-corrected chi connectivity index (χ2v) is 2.26. The predicted octanol–water partition coefficient (Wildman–Crippen LogP) is -1.24. The van der Waals surface area contributed by atoms with E-state index < -0.39 is 24.2 Å². The number of likely N-dealkylation sites (N-methyl/N-ethyl adjacent to an activating group) is 1. The Hall–Kier alpha value is -1.79. The predicted molar refractivity (Wildman–Crippen MR) is 36.3 cm³/mol. The topological polar surface area (TPSA) is 98.7 Å². The highest BCUT2D eigenvalue weighted by molar-refractivity contribution is 5.99. The Morgan fingerprint density at radius 2 is 2.17 bits per heavy atom. The number of carbonyl (C=O) groups is 3. The zero-order valence-electron chi connectivity index (χ0n) is 6.20. The molecule has 0 bridgehead atoms. The van der Waals surface area contributed by atoms with Crippen LogP contribution in [0.2, 0.25) is 0 Å². The van der Waals surface area contributed by atoms with Crippen LogP contribution in [-0.4, -0.2) is 41.3 Å². The number of carboxylic acid groups (broad SMARTS) is 1. The molecule has 12 heavy (non-hydrogen) atoms. The molecule has 1 rings (SSSR count). The van der Waals surface area contributed by atoms with E-state index >= 15 is 0 Å². The molecule has 1 unspecified atom stereocenters. The highest BCUT2D eigenvalue weighted by Crippen LogP contribution is 1.98. The molecule has 7 heteroatoms. The van der Waals surface area contributed by atoms with E-state index in [1.165, 1.54) is 7.05 Å². The van der Waals surface area contributed by atoms with Gasteiger partial charge in [0.15, 0.2) is 0 Å². The summed E-state index contributed by atoms with van der Waals surface area (Å²) in [5.41, 5.74) is 0. The number of amides is 4. The maximum Gasteiger partial charge on any atom is 0.347 e. The Labute approximate surface area is 67.3 Å². The fourth-order valence-corrected chi connectivity index (χ4v) is 0.787. The molecule has 7 nitrogen and oxygen atoms in total. The van der Waals surface area contributed by atoms with Gasteiger partial charge in [-0.2, -0.15) is 0 Å². The molecule has 0 radical (unpaired) electrons. The van der Waals surface area contributed by atoms with E-state index in [0.29, 0.717) is 0 Å². The summed E-state index contributed by atoms with van der Waals surface area (Å²) in [6, 6.07) is -1.53. The summed E-state index contributed by atoms with van der Waals surface area (Å²) >= 11 is 0. The number of imide groups is 1. The van der Waals surface area contributed by atoms with Crippen molar-refractivity contribution in [3.63, 3.8) is 0 Å². The van der Waals surface area contributed by atoms with E-state index in [4.69, 9.17) is 5.11 Å². The summed E-state index contributed by atoms with van der Waals surface area (Å²) in [6.45, 7) is 0. The minimum Gasteiger partial charge on any atom is -0.478 e. The Kier molecular flexibility index (Phi) is 1.86. The summed E-state index contributed by atoms with van der Waals surface area (Å²) < 4.78 is 0. The van der Waals surface area contributed by atoms with Crippen molar-refractivity contribution in [1.29, 1.82) is 0 Å². The lowest BCUT2D eigenvalue weighted by Crippen LogP contribution is -2.64. The van der Waals surface area contributed by atoms with Crippen molar-refractivity contribution < 1.29 is 19.5 Å². The molecule has 0 aliphatic carbocycles. The summed E-state index contributed by atoms with van der Waals surface area (Å²) in [7, 11) is 1.27. The van der Waals surface area contributed by atoms with Crippen LogP contribution in [0, 0.1) is 0 Å². The van der Waals surface area contributed by atoms with E-state index in [9.17, 15) is 14.4 Å². The first-order chi connectivity index (χ1) is 5.52. The number of carboxylic acids is 1. The van der Waals surface area contributed by atoms with Crippen LogP contribution in [0.1, 0.15) is 0 Å². The maximum absolute atomic E-state index is 10.8. The van der Waals surface area contributed by atoms with Gasteiger partial charge in [0, 0.05) is 7.05 Å². The van der Waals surface area contributed by atoms with E-state index in [0.717, 1.165) is 4.90 Å². The van der Waals surface area contributed by atoms with Crippen molar-refractivity contribution in [1.82, 2.24) is 15.5 Å². The van der Waals surface area contributed by atoms with Gasteiger partial charge in [0.1, 0.15) is 0 Å². The van der Waals surface area contributed by atoms with Crippen molar-refractivity contribution in [2.75, 3.05) is 7.05 Å². The minimum absolute atomic E-state index is 0.730. The molecule has 1 heterocycles. The van der Waals surface area contributed by atoms with Gasteiger partial charge in [0.05, 0.1) is 0 Å². The third-order valence-electron chi connectivity index (χ3n) is 1.43. The minimum atomic E-state index is -1.29. The van der Waals surface area contributed by atoms with Gasteiger partial charge < -0.3 is 10.4 Å². The normalized spacial score (nSPS) is 23.1. The highest BCUT2D eigenvalue weighted by atomic mass is 16.4. The van der Waals surface area contributed by atoms with Gasteiger partial charge in [-0.25, -0.2) is 14.4 Å². The molecule has 0 aromatic carbocycles. The molecular formula is C5H7N3O4. The lowest BCUT2D eigenvalue weighted by molar-refractivity contribution is -0.142. The number of hydrogen-bond donors (Lipinski definition) is 3. The molecule has 0 aromatic rings. The van der Waals surface area contributed by atoms with Crippen LogP contribution < -0.4 is 10.6 Å². The monoisotopic (exact) mass is 173 g/mol. The SMILES string of the molecule is CN1C(=O)NC(=O)NC1C(=O)O. The Bertz CT molecular complexity index is 251. The molecule has 1 aliphatic heterocycles. The first-order valence-electron chi connectivity index (χ1n) is 3.09. The van der Waals surface area contributed by atoms with Crippen LogP contribution >= 0.6 is 0 Å². The smallest absolute Gasteiger partial charge is 0.347 e. The maximum atomic E-state index is 10.8. The third-order valence-corrected chi connectivity index (χ3v) is 1.43. The number of aliphatic carboxylic acids is 1. The molecule has 3 N–H and O–H groups in total. The summed E-state index contributed by atoms with van der Waals surface area (Å²) in [4.78, 5) is 32.7. The molecule has 1 saturated heterocycles. The van der Waals surface area contributed by atoms with E-state index in [1.807, 2.05) is 5.32 Å². The van der Waals surface area contributed by atoms with E-state index in [2.05, 4.69) is 5.32 Å². The first-order valence-corrected chi connectivity index (χ1v) is 3.09. The molecule has 1 fully saturated rings. The van der Waals surface area contributed by atoms with Crippen LogP contribution in [-0.2, 0) is 4.79 Å². The second kappa shape index (κ2) is 2.68. The first kappa shape index (κ1) is 8.31. The third kappa shape index (κ3) is 1.29. The summed E-state index contributed by atoms with van der Waals surface area (Å²) in [5.74, 6) is -1.28. The number of urea groups is 2. The number of rotatable bonds is 1. The quantitative estimate of drug-likeness (QED) is 0.462. The molecule has 1 aliphatic rings. The lowest BCUT2D eigenvalue weighted by Gasteiger charge is -2.29. The van der Waals surface area contributed by atoms with Crippen molar-refractivity contribution >= 4 is 18.0 Å². The molecule has 1 atom stereocenters. The zero-order chi connectivity index (χ0) is 9.30. The largest absolute Gasteiger partial charge is 0.478 e. The van der Waals surface area contributed by atoms with Gasteiger partial charge in [0.2, 0.25) is 6.17 Å². The summed E-state index contributed by atoms with van der Waals surface area (Å²) in [5, 5.41) is 12.4. The van der Waals surface area contributed by atoms with Crippen molar-refractivity contribution in [2.24, 2.45) is 0 Å².